The third-order valence-electron chi connectivity index (χ3n) is 10.6. The summed E-state index contributed by atoms with van der Waals surface area (Å²) in [7, 11) is -2.34. The number of hydrogen-bond donors (Lipinski definition) is 2. The van der Waals surface area contributed by atoms with Gasteiger partial charge in [0.15, 0.2) is 0 Å². The number of carbonyl (C=O) groups excluding carboxylic acids is 4. The van der Waals surface area contributed by atoms with Gasteiger partial charge in [-0.3, -0.25) is 14.9 Å². The molecule has 1 aromatic carbocycles. The molecule has 1 unspecified atom stereocenters. The van der Waals surface area contributed by atoms with Gasteiger partial charge in [0, 0.05) is 29.6 Å². The Hall–Kier alpha value is -4.72. The number of cyclic esters (lactones) is 1. The quantitative estimate of drug-likeness (QED) is 0.0726. The fourth-order valence-electron chi connectivity index (χ4n) is 7.52. The number of hydrogen-bond acceptors (Lipinski definition) is 10. The summed E-state index contributed by atoms with van der Waals surface area (Å²) in [6.07, 6.45) is -0.983. The fraction of sp³-hybridized carbons (Fsp3) is 0.561. The predicted molar refractivity (Wildman–Crippen MR) is 213 cm³/mol. The highest BCUT2D eigenvalue weighted by molar-refractivity contribution is 6.93. The zero-order valence-corrected chi connectivity index (χ0v) is 35.3. The molecule has 0 saturated heterocycles. The molecule has 13 nitrogen and oxygen atoms in total. The minimum Gasteiger partial charge on any atom is -0.457 e. The molecule has 0 aliphatic carbocycles. The lowest BCUT2D eigenvalue weighted by Gasteiger charge is -2.35. The summed E-state index contributed by atoms with van der Waals surface area (Å²) in [5.41, 5.74) is 0.720. The van der Waals surface area contributed by atoms with E-state index in [1.165, 1.54) is 0 Å². The van der Waals surface area contributed by atoms with Gasteiger partial charge < -0.3 is 28.8 Å². The van der Waals surface area contributed by atoms with Crippen LogP contribution in [-0.2, 0) is 47.3 Å². The molecule has 2 aromatic heterocycles. The van der Waals surface area contributed by atoms with Crippen LogP contribution in [-0.4, -0.2) is 59.5 Å². The first-order chi connectivity index (χ1) is 25.5. The monoisotopic (exact) mass is 776 g/mol. The number of rotatable bonds is 10. The minimum absolute atomic E-state index is 0.0339. The molecule has 0 radical (unpaired) electrons. The smallest absolute Gasteiger partial charge is 0.412 e. The second kappa shape index (κ2) is 15.1. The number of esters is 2. The zero-order chi connectivity index (χ0) is 40.8. The van der Waals surface area contributed by atoms with E-state index in [0.29, 0.717) is 39.6 Å². The highest BCUT2D eigenvalue weighted by atomic mass is 28.3. The molecule has 0 fully saturated rings. The zero-order valence-electron chi connectivity index (χ0n) is 34.3. The van der Waals surface area contributed by atoms with Crippen molar-refractivity contribution in [3.63, 3.8) is 0 Å². The molecule has 2 N–H and O–H groups in total. The standard InChI is InChI=1S/C41H56N4O9Si/c1-13-41(52-32(46)15-14-18-42-37(49)53-39(5,6)7)29-20-31-33-27(21-45(31)35(47)28(29)22-51-36(41)48)34(55(11,12)24(4)23(2)3)26-19-25(16-17-30(26)44-33)43-38(50)54-40(8,9)10/h16-17,19-20,23-24H,13-15,18,21-22H2,1-12H3,(H,42,49)(H,43,50)/t24?,41-/m0/s1. The van der Waals surface area contributed by atoms with Crippen LogP contribution in [0.2, 0.25) is 18.6 Å². The molecule has 2 atom stereocenters. The Morgan fingerprint density at radius 2 is 1.64 bits per heavy atom. The molecule has 0 bridgehead atoms. The Labute approximate surface area is 323 Å². The van der Waals surface area contributed by atoms with Crippen molar-refractivity contribution in [3.8, 4) is 11.4 Å². The number of carbonyl (C=O) groups is 4. The molecule has 2 aliphatic rings. The van der Waals surface area contributed by atoms with E-state index in [0.717, 1.165) is 16.1 Å². The topological polar surface area (TPSA) is 164 Å². The van der Waals surface area contributed by atoms with Crippen LogP contribution < -0.4 is 21.4 Å². The van der Waals surface area contributed by atoms with Crippen LogP contribution in [0.25, 0.3) is 22.3 Å². The number of fused-ring (bicyclic) bond motifs is 5. The van der Waals surface area contributed by atoms with Gasteiger partial charge in [-0.25, -0.2) is 19.4 Å². The summed E-state index contributed by atoms with van der Waals surface area (Å²) < 4.78 is 24.0. The summed E-state index contributed by atoms with van der Waals surface area (Å²) in [5, 5.41) is 7.54. The van der Waals surface area contributed by atoms with Gasteiger partial charge in [-0.15, -0.1) is 0 Å². The van der Waals surface area contributed by atoms with Crippen molar-refractivity contribution in [1.82, 2.24) is 14.9 Å². The number of benzene rings is 1. The number of ether oxygens (including phenoxy) is 4. The molecule has 0 saturated carbocycles. The van der Waals surface area contributed by atoms with E-state index in [1.807, 2.05) is 32.9 Å². The second-order valence-corrected chi connectivity index (χ2v) is 22.4. The molecule has 2 amide bonds. The van der Waals surface area contributed by atoms with E-state index in [2.05, 4.69) is 44.5 Å². The van der Waals surface area contributed by atoms with Crippen LogP contribution in [0.1, 0.15) is 105 Å². The number of nitrogens with zero attached hydrogens (tertiary/aromatic N) is 2. The Bertz CT molecular complexity index is 2090. The maximum absolute atomic E-state index is 14.4. The van der Waals surface area contributed by atoms with Gasteiger partial charge in [0.05, 0.1) is 37.1 Å². The lowest BCUT2D eigenvalue weighted by Crippen LogP contribution is -2.49. The average molecular weight is 777 g/mol. The number of pyridine rings is 2. The van der Waals surface area contributed by atoms with Crippen LogP contribution >= 0.6 is 0 Å². The van der Waals surface area contributed by atoms with Crippen LogP contribution in [0.15, 0.2) is 29.1 Å². The van der Waals surface area contributed by atoms with Crippen molar-refractivity contribution >= 4 is 54.0 Å². The normalized spacial score (nSPS) is 17.1. The molecule has 14 heteroatoms. The highest BCUT2D eigenvalue weighted by Crippen LogP contribution is 2.42. The molecule has 5 rings (SSSR count). The summed E-state index contributed by atoms with van der Waals surface area (Å²) in [6.45, 7) is 23.9. The average Bonchev–Trinajstić information content (AvgIpc) is 3.42. The van der Waals surface area contributed by atoms with Gasteiger partial charge in [-0.1, -0.05) is 40.8 Å². The van der Waals surface area contributed by atoms with E-state index in [1.54, 1.807) is 44.4 Å². The molecule has 2 aliphatic heterocycles. The second-order valence-electron chi connectivity index (χ2n) is 17.5. The lowest BCUT2D eigenvalue weighted by atomic mass is 9.85. The van der Waals surface area contributed by atoms with Crippen molar-refractivity contribution < 1.29 is 38.1 Å². The molecule has 3 aromatic rings. The predicted octanol–water partition coefficient (Wildman–Crippen LogP) is 7.24. The van der Waals surface area contributed by atoms with Gasteiger partial charge in [0.1, 0.15) is 17.8 Å². The number of anilines is 1. The first kappa shape index (κ1) is 41.4. The Morgan fingerprint density at radius 3 is 2.25 bits per heavy atom. The van der Waals surface area contributed by atoms with Gasteiger partial charge in [0.25, 0.3) is 5.56 Å². The number of alkyl carbamates (subject to hydrolysis) is 1. The van der Waals surface area contributed by atoms with E-state index in [-0.39, 0.29) is 50.1 Å². The number of nitrogens with one attached hydrogen (secondary N) is 2. The SMILES string of the molecule is CC[C@@]1(OC(=O)CCCNC(=O)OC(C)(C)C)C(=O)OCc2c1cc1n(c2=O)Cc2c-1nc1ccc(NC(=O)OC(C)(C)C)cc1c2[Si](C)(C)C(C)C(C)C. The third kappa shape index (κ3) is 8.43. The van der Waals surface area contributed by atoms with E-state index in [9.17, 15) is 24.0 Å². The van der Waals surface area contributed by atoms with Crippen molar-refractivity contribution in [2.75, 3.05) is 11.9 Å². The largest absolute Gasteiger partial charge is 0.457 e. The number of amides is 2. The van der Waals surface area contributed by atoms with Crippen molar-refractivity contribution in [2.45, 2.75) is 137 Å². The van der Waals surface area contributed by atoms with Gasteiger partial charge in [0.2, 0.25) is 5.60 Å². The molecule has 4 heterocycles. The van der Waals surface area contributed by atoms with E-state index >= 15 is 0 Å². The summed E-state index contributed by atoms with van der Waals surface area (Å²) in [4.78, 5) is 71.3. The summed E-state index contributed by atoms with van der Waals surface area (Å²) >= 11 is 0. The number of aromatic nitrogens is 2. The molecular formula is C41H56N4O9Si. The maximum Gasteiger partial charge on any atom is 0.412 e. The van der Waals surface area contributed by atoms with Crippen LogP contribution in [0.4, 0.5) is 15.3 Å². The van der Waals surface area contributed by atoms with E-state index in [4.69, 9.17) is 23.9 Å². The van der Waals surface area contributed by atoms with Gasteiger partial charge >= 0.3 is 24.1 Å². The first-order valence-corrected chi connectivity index (χ1v) is 22.2. The Morgan fingerprint density at radius 1 is 0.982 bits per heavy atom. The molecule has 55 heavy (non-hydrogen) atoms. The van der Waals surface area contributed by atoms with Gasteiger partial charge in [-0.2, -0.15) is 0 Å². The first-order valence-electron chi connectivity index (χ1n) is 19.1. The lowest BCUT2D eigenvalue weighted by molar-refractivity contribution is -0.189. The van der Waals surface area contributed by atoms with Crippen LogP contribution in [0, 0.1) is 5.92 Å². The maximum atomic E-state index is 14.4. The summed E-state index contributed by atoms with van der Waals surface area (Å²) in [5.74, 6) is -1.04. The third-order valence-corrected chi connectivity index (χ3v) is 15.4. The van der Waals surface area contributed by atoms with Crippen molar-refractivity contribution in [2.24, 2.45) is 5.92 Å². The van der Waals surface area contributed by atoms with Gasteiger partial charge in [-0.05, 0) is 101 Å². The fourth-order valence-corrected chi connectivity index (χ4v) is 11.5. The van der Waals surface area contributed by atoms with Crippen molar-refractivity contribution in [1.29, 1.82) is 0 Å². The van der Waals surface area contributed by atoms with Crippen molar-refractivity contribution in [3.05, 3.63) is 51.3 Å². The molecule has 298 valence electrons. The van der Waals surface area contributed by atoms with Crippen LogP contribution in [0.5, 0.6) is 0 Å². The van der Waals surface area contributed by atoms with Crippen LogP contribution in [0.3, 0.4) is 0 Å². The Balaban J connectivity index is 1.58. The summed E-state index contributed by atoms with van der Waals surface area (Å²) in [6, 6.07) is 7.36. The molecular weight excluding hydrogens is 721 g/mol. The van der Waals surface area contributed by atoms with E-state index < -0.39 is 49.0 Å². The minimum atomic E-state index is -2.34. The highest BCUT2D eigenvalue weighted by Gasteiger charge is 2.51. The Kier molecular flexibility index (Phi) is 11.4. The molecule has 0 spiro atoms.